The summed E-state index contributed by atoms with van der Waals surface area (Å²) in [4.78, 5) is 5.01. The van der Waals surface area contributed by atoms with Gasteiger partial charge < -0.3 is 4.57 Å². The molecular weight excluding hydrogens is 326 g/mol. The van der Waals surface area contributed by atoms with Gasteiger partial charge in [0.25, 0.3) is 0 Å². The van der Waals surface area contributed by atoms with Gasteiger partial charge in [0.15, 0.2) is 0 Å². The molecule has 2 fully saturated rings. The van der Waals surface area contributed by atoms with Gasteiger partial charge in [-0.3, -0.25) is 5.41 Å². The molecule has 1 aromatic carbocycles. The van der Waals surface area contributed by atoms with Crippen LogP contribution in [0.25, 0.3) is 10.9 Å². The number of halogens is 1. The first-order chi connectivity index (χ1) is 10.2. The Hall–Kier alpha value is -1.16. The van der Waals surface area contributed by atoms with E-state index >= 15 is 0 Å². The van der Waals surface area contributed by atoms with Gasteiger partial charge in [-0.2, -0.15) is 0 Å². The van der Waals surface area contributed by atoms with Crippen molar-refractivity contribution in [3.05, 3.63) is 34.0 Å². The lowest BCUT2D eigenvalue weighted by Gasteiger charge is -2.37. The van der Waals surface area contributed by atoms with Crippen LogP contribution < -0.4 is 5.49 Å². The second-order valence-corrected chi connectivity index (χ2v) is 8.03. The first-order valence-electron chi connectivity index (χ1n) is 7.95. The van der Waals surface area contributed by atoms with E-state index in [4.69, 9.17) is 10.4 Å². The molecule has 108 valence electrons. The maximum Gasteiger partial charge on any atom is 0.135 e. The molecule has 1 N–H and O–H groups in total. The number of nitrogens with one attached hydrogen (secondary N) is 1. The summed E-state index contributed by atoms with van der Waals surface area (Å²) in [6, 6.07) is 6.64. The number of hydrogen-bond acceptors (Lipinski definition) is 2. The van der Waals surface area contributed by atoms with Crippen molar-refractivity contribution >= 4 is 26.8 Å². The van der Waals surface area contributed by atoms with Gasteiger partial charge in [0, 0.05) is 21.8 Å². The van der Waals surface area contributed by atoms with Crippen LogP contribution in [0.15, 0.2) is 22.7 Å². The second-order valence-electron chi connectivity index (χ2n) is 7.11. The van der Waals surface area contributed by atoms with Crippen molar-refractivity contribution in [2.75, 3.05) is 0 Å². The van der Waals surface area contributed by atoms with Gasteiger partial charge in [-0.1, -0.05) is 15.9 Å². The molecule has 2 aliphatic carbocycles. The minimum absolute atomic E-state index is 0.518. The Balaban J connectivity index is 1.85. The molecule has 4 aliphatic rings. The molecule has 0 radical (unpaired) electrons. The van der Waals surface area contributed by atoms with E-state index in [9.17, 15) is 0 Å². The van der Waals surface area contributed by atoms with Crippen LogP contribution in [0.4, 0.5) is 0 Å². The summed E-state index contributed by atoms with van der Waals surface area (Å²) in [5.74, 6) is 3.50. The fourth-order valence-electron chi connectivity index (χ4n) is 5.11. The third kappa shape index (κ3) is 1.71. The molecule has 4 bridgehead atoms. The zero-order valence-corrected chi connectivity index (χ0v) is 13.4. The topological polar surface area (TPSA) is 41.7 Å². The number of rotatable bonds is 0. The van der Waals surface area contributed by atoms with Crippen LogP contribution in [0.5, 0.6) is 0 Å². The largest absolute Gasteiger partial charge is 0.311 e. The molecule has 0 saturated heterocycles. The monoisotopic (exact) mass is 343 g/mol. The normalized spacial score (nSPS) is 33.2. The summed E-state index contributed by atoms with van der Waals surface area (Å²) in [6.07, 6.45) is 6.53. The van der Waals surface area contributed by atoms with Crippen LogP contribution in [0.3, 0.4) is 0 Å². The van der Waals surface area contributed by atoms with Gasteiger partial charge in [-0.05, 0) is 62.1 Å². The average Bonchev–Trinajstić information content (AvgIpc) is 2.61. The highest BCUT2D eigenvalue weighted by Crippen LogP contribution is 2.52. The lowest BCUT2D eigenvalue weighted by molar-refractivity contribution is 0.150. The predicted molar refractivity (Wildman–Crippen MR) is 85.1 cm³/mol. The van der Waals surface area contributed by atoms with Crippen LogP contribution in [-0.4, -0.2) is 9.55 Å². The molecule has 4 heteroatoms. The molecule has 2 aromatic rings. The zero-order chi connectivity index (χ0) is 14.1. The van der Waals surface area contributed by atoms with Crippen LogP contribution in [-0.2, 0) is 0 Å². The standard InChI is InChI=1S/C17H18BrN3/c18-12-1-2-14-15(8-12)20-17-11-4-9-3-10(5-11)7-13(6-9)21(17)16(14)19/h1-2,8-11,13,19H,3-7H2. The molecule has 1 aromatic heterocycles. The number of hydrogen-bond donors (Lipinski definition) is 1. The highest BCUT2D eigenvalue weighted by molar-refractivity contribution is 9.10. The van der Waals surface area contributed by atoms with Gasteiger partial charge in [0.05, 0.1) is 5.52 Å². The van der Waals surface area contributed by atoms with E-state index in [0.29, 0.717) is 17.4 Å². The SMILES string of the molecule is N=c1c2ccc(Br)cc2nc2n1C1CC3CC(CC2C3)C1. The number of aromatic nitrogens is 2. The van der Waals surface area contributed by atoms with Gasteiger partial charge in [-0.25, -0.2) is 4.98 Å². The van der Waals surface area contributed by atoms with Crippen molar-refractivity contribution in [1.82, 2.24) is 9.55 Å². The minimum atomic E-state index is 0.518. The highest BCUT2D eigenvalue weighted by atomic mass is 79.9. The van der Waals surface area contributed by atoms with Crippen LogP contribution >= 0.6 is 15.9 Å². The van der Waals surface area contributed by atoms with Gasteiger partial charge >= 0.3 is 0 Å². The van der Waals surface area contributed by atoms with E-state index in [1.54, 1.807) is 0 Å². The summed E-state index contributed by atoms with van der Waals surface area (Å²) in [5, 5.41) is 9.71. The van der Waals surface area contributed by atoms with E-state index in [0.717, 1.165) is 27.2 Å². The predicted octanol–water partition coefficient (Wildman–Crippen LogP) is 4.13. The van der Waals surface area contributed by atoms with E-state index in [2.05, 4.69) is 26.6 Å². The molecule has 2 unspecified atom stereocenters. The first-order valence-corrected chi connectivity index (χ1v) is 8.74. The first kappa shape index (κ1) is 12.4. The smallest absolute Gasteiger partial charge is 0.135 e. The van der Waals surface area contributed by atoms with Gasteiger partial charge in [0.2, 0.25) is 0 Å². The Kier molecular flexibility index (Phi) is 2.47. The third-order valence-electron chi connectivity index (χ3n) is 5.78. The Bertz CT molecular complexity index is 796. The highest BCUT2D eigenvalue weighted by Gasteiger charge is 2.43. The molecule has 0 spiro atoms. The van der Waals surface area contributed by atoms with E-state index < -0.39 is 0 Å². The molecular formula is C17H18BrN3. The summed E-state index contributed by atoms with van der Waals surface area (Å²) in [7, 11) is 0. The van der Waals surface area contributed by atoms with Crippen molar-refractivity contribution in [1.29, 1.82) is 5.41 Å². The Morgan fingerprint density at radius 1 is 1.10 bits per heavy atom. The Morgan fingerprint density at radius 3 is 2.62 bits per heavy atom. The summed E-state index contributed by atoms with van der Waals surface area (Å²) in [5.41, 5.74) is 1.66. The number of benzene rings is 1. The van der Waals surface area contributed by atoms with Crippen molar-refractivity contribution in [2.45, 2.75) is 44.1 Å². The van der Waals surface area contributed by atoms with Crippen molar-refractivity contribution < 1.29 is 0 Å². The minimum Gasteiger partial charge on any atom is -0.311 e. The third-order valence-corrected chi connectivity index (χ3v) is 6.27. The Labute approximate surface area is 132 Å². The quantitative estimate of drug-likeness (QED) is 0.767. The average molecular weight is 344 g/mol. The maximum atomic E-state index is 8.73. The molecule has 0 amide bonds. The van der Waals surface area contributed by atoms with E-state index in [1.807, 2.05) is 12.1 Å². The maximum absolute atomic E-state index is 8.73. The summed E-state index contributed by atoms with van der Waals surface area (Å²) < 4.78 is 3.34. The van der Waals surface area contributed by atoms with Crippen molar-refractivity contribution in [2.24, 2.45) is 11.8 Å². The second kappa shape index (κ2) is 4.19. The number of nitrogens with zero attached hydrogens (tertiary/aromatic N) is 2. The van der Waals surface area contributed by atoms with Gasteiger partial charge in [-0.15, -0.1) is 0 Å². The fourth-order valence-corrected chi connectivity index (χ4v) is 5.46. The van der Waals surface area contributed by atoms with Crippen LogP contribution in [0, 0.1) is 17.2 Å². The molecule has 2 atom stereocenters. The molecule has 6 rings (SSSR count). The molecule has 3 nitrogen and oxygen atoms in total. The molecule has 21 heavy (non-hydrogen) atoms. The number of fused-ring (bicyclic) bond motifs is 1. The lowest BCUT2D eigenvalue weighted by Crippen LogP contribution is -2.31. The molecule has 2 saturated carbocycles. The van der Waals surface area contributed by atoms with Crippen molar-refractivity contribution in [3.8, 4) is 0 Å². The van der Waals surface area contributed by atoms with Crippen LogP contribution in [0.2, 0.25) is 0 Å². The zero-order valence-electron chi connectivity index (χ0n) is 11.8. The molecule has 3 heterocycles. The summed E-state index contributed by atoms with van der Waals surface area (Å²) >= 11 is 3.53. The van der Waals surface area contributed by atoms with Crippen LogP contribution in [0.1, 0.15) is 49.9 Å². The Morgan fingerprint density at radius 2 is 1.86 bits per heavy atom. The van der Waals surface area contributed by atoms with Crippen molar-refractivity contribution in [3.63, 3.8) is 0 Å². The van der Waals surface area contributed by atoms with E-state index in [-0.39, 0.29) is 0 Å². The summed E-state index contributed by atoms with van der Waals surface area (Å²) in [6.45, 7) is 0. The fraction of sp³-hybridized carbons (Fsp3) is 0.529. The van der Waals surface area contributed by atoms with Gasteiger partial charge in [0.1, 0.15) is 11.3 Å². The lowest BCUT2D eigenvalue weighted by atomic mass is 9.68. The van der Waals surface area contributed by atoms with E-state index in [1.165, 1.54) is 37.9 Å². The molecule has 2 aliphatic heterocycles.